The van der Waals surface area contributed by atoms with Crippen molar-refractivity contribution in [2.45, 2.75) is 77.6 Å². The summed E-state index contributed by atoms with van der Waals surface area (Å²) in [5.41, 5.74) is 6.05. The molecule has 1 fully saturated rings. The lowest BCUT2D eigenvalue weighted by atomic mass is 9.89. The number of carbonyl (C=O) groups is 1. The van der Waals surface area contributed by atoms with Gasteiger partial charge in [-0.25, -0.2) is 4.79 Å². The lowest BCUT2D eigenvalue weighted by Gasteiger charge is -2.43. The maximum atomic E-state index is 12.1. The van der Waals surface area contributed by atoms with Gasteiger partial charge in [0.25, 0.3) is 0 Å². The predicted molar refractivity (Wildman–Crippen MR) is 68.8 cm³/mol. The molecule has 0 aromatic carbocycles. The SMILES string of the molecule is CCC1CC(N)CC(CC)N1C(=O)OC(C)C. The molecule has 4 nitrogen and oxygen atoms in total. The monoisotopic (exact) mass is 242 g/mol. The van der Waals surface area contributed by atoms with E-state index in [1.807, 2.05) is 18.7 Å². The zero-order valence-electron chi connectivity index (χ0n) is 11.5. The third-order valence-corrected chi connectivity index (χ3v) is 3.43. The lowest BCUT2D eigenvalue weighted by Crippen LogP contribution is -2.55. The molecule has 4 heteroatoms. The predicted octanol–water partition coefficient (Wildman–Crippen LogP) is 2.51. The van der Waals surface area contributed by atoms with Crippen LogP contribution in [0.25, 0.3) is 0 Å². The second-order valence-electron chi connectivity index (χ2n) is 5.20. The Labute approximate surface area is 104 Å². The number of ether oxygens (including phenoxy) is 1. The van der Waals surface area contributed by atoms with Crippen molar-refractivity contribution >= 4 is 6.09 Å². The fourth-order valence-electron chi connectivity index (χ4n) is 2.61. The van der Waals surface area contributed by atoms with E-state index in [-0.39, 0.29) is 30.3 Å². The minimum absolute atomic E-state index is 0.0619. The van der Waals surface area contributed by atoms with Gasteiger partial charge in [0.2, 0.25) is 0 Å². The van der Waals surface area contributed by atoms with Crippen molar-refractivity contribution in [3.05, 3.63) is 0 Å². The Morgan fingerprint density at radius 2 is 1.76 bits per heavy atom. The Bertz CT molecular complexity index is 242. The van der Waals surface area contributed by atoms with E-state index in [4.69, 9.17) is 10.5 Å². The first-order valence-electron chi connectivity index (χ1n) is 6.74. The maximum absolute atomic E-state index is 12.1. The van der Waals surface area contributed by atoms with Gasteiger partial charge in [0.05, 0.1) is 6.10 Å². The fraction of sp³-hybridized carbons (Fsp3) is 0.923. The van der Waals surface area contributed by atoms with Crippen LogP contribution >= 0.6 is 0 Å². The molecule has 2 unspecified atom stereocenters. The molecule has 0 aromatic rings. The summed E-state index contributed by atoms with van der Waals surface area (Å²) in [4.78, 5) is 14.0. The largest absolute Gasteiger partial charge is 0.447 e. The summed E-state index contributed by atoms with van der Waals surface area (Å²) in [7, 11) is 0. The molecular weight excluding hydrogens is 216 g/mol. The molecule has 1 heterocycles. The average Bonchev–Trinajstić information content (AvgIpc) is 2.26. The highest BCUT2D eigenvalue weighted by Gasteiger charge is 2.36. The first kappa shape index (κ1) is 14.3. The number of nitrogens with zero attached hydrogens (tertiary/aromatic N) is 1. The molecule has 100 valence electrons. The summed E-state index contributed by atoms with van der Waals surface area (Å²) < 4.78 is 5.34. The topological polar surface area (TPSA) is 55.6 Å². The van der Waals surface area contributed by atoms with E-state index in [2.05, 4.69) is 13.8 Å². The van der Waals surface area contributed by atoms with Crippen LogP contribution in [0, 0.1) is 0 Å². The smallest absolute Gasteiger partial charge is 0.410 e. The average molecular weight is 242 g/mol. The highest BCUT2D eigenvalue weighted by Crippen LogP contribution is 2.27. The summed E-state index contributed by atoms with van der Waals surface area (Å²) in [6, 6.07) is 0.679. The van der Waals surface area contributed by atoms with Crippen molar-refractivity contribution < 1.29 is 9.53 Å². The molecular formula is C13H26N2O2. The van der Waals surface area contributed by atoms with Crippen molar-refractivity contribution in [1.29, 1.82) is 0 Å². The second-order valence-corrected chi connectivity index (χ2v) is 5.20. The number of likely N-dealkylation sites (tertiary alicyclic amines) is 1. The normalized spacial score (nSPS) is 29.5. The maximum Gasteiger partial charge on any atom is 0.410 e. The molecule has 2 N–H and O–H groups in total. The van der Waals surface area contributed by atoms with Crippen LogP contribution in [0.4, 0.5) is 4.79 Å². The number of nitrogens with two attached hydrogens (primary N) is 1. The second kappa shape index (κ2) is 6.24. The van der Waals surface area contributed by atoms with Gasteiger partial charge in [-0.15, -0.1) is 0 Å². The molecule has 1 aliphatic rings. The number of amides is 1. The van der Waals surface area contributed by atoms with Crippen molar-refractivity contribution in [3.63, 3.8) is 0 Å². The minimum Gasteiger partial charge on any atom is -0.447 e. The number of rotatable bonds is 3. The van der Waals surface area contributed by atoms with E-state index in [0.29, 0.717) is 0 Å². The van der Waals surface area contributed by atoms with Crippen LogP contribution in [0.5, 0.6) is 0 Å². The number of hydrogen-bond donors (Lipinski definition) is 1. The van der Waals surface area contributed by atoms with Crippen LogP contribution in [0.1, 0.15) is 53.4 Å². The van der Waals surface area contributed by atoms with Gasteiger partial charge in [-0.1, -0.05) is 13.8 Å². The van der Waals surface area contributed by atoms with Gasteiger partial charge in [-0.2, -0.15) is 0 Å². The fourth-order valence-corrected chi connectivity index (χ4v) is 2.61. The Kier molecular flexibility index (Phi) is 5.25. The Balaban J connectivity index is 2.78. The highest BCUT2D eigenvalue weighted by atomic mass is 16.6. The van der Waals surface area contributed by atoms with E-state index in [1.54, 1.807) is 0 Å². The van der Waals surface area contributed by atoms with Crippen LogP contribution < -0.4 is 5.73 Å². The standard InChI is InChI=1S/C13H26N2O2/c1-5-11-7-10(14)8-12(6-2)15(11)13(16)17-9(3)4/h9-12H,5-8,14H2,1-4H3. The number of carbonyl (C=O) groups excluding carboxylic acids is 1. The van der Waals surface area contributed by atoms with Crippen molar-refractivity contribution in [2.24, 2.45) is 5.73 Å². The number of hydrogen-bond acceptors (Lipinski definition) is 3. The van der Waals surface area contributed by atoms with Gasteiger partial charge in [0.15, 0.2) is 0 Å². The Morgan fingerprint density at radius 3 is 2.12 bits per heavy atom. The first-order valence-corrected chi connectivity index (χ1v) is 6.74. The van der Waals surface area contributed by atoms with Crippen molar-refractivity contribution in [2.75, 3.05) is 0 Å². The van der Waals surface area contributed by atoms with Gasteiger partial charge in [0.1, 0.15) is 0 Å². The molecule has 1 saturated heterocycles. The molecule has 0 saturated carbocycles. The Morgan fingerprint density at radius 1 is 1.29 bits per heavy atom. The molecule has 0 bridgehead atoms. The molecule has 2 atom stereocenters. The first-order chi connectivity index (χ1) is 7.99. The molecule has 17 heavy (non-hydrogen) atoms. The van der Waals surface area contributed by atoms with Gasteiger partial charge >= 0.3 is 6.09 Å². The van der Waals surface area contributed by atoms with Crippen molar-refractivity contribution in [3.8, 4) is 0 Å². The minimum atomic E-state index is -0.175. The van der Waals surface area contributed by atoms with Crippen LogP contribution in [0.3, 0.4) is 0 Å². The van der Waals surface area contributed by atoms with E-state index in [9.17, 15) is 4.79 Å². The molecule has 0 aliphatic carbocycles. The van der Waals surface area contributed by atoms with Gasteiger partial charge in [-0.3, -0.25) is 0 Å². The van der Waals surface area contributed by atoms with Gasteiger partial charge in [0, 0.05) is 18.1 Å². The quantitative estimate of drug-likeness (QED) is 0.827. The van der Waals surface area contributed by atoms with E-state index in [1.165, 1.54) is 0 Å². The highest BCUT2D eigenvalue weighted by molar-refractivity contribution is 5.69. The summed E-state index contributed by atoms with van der Waals surface area (Å²) in [6.07, 6.45) is 3.42. The summed E-state index contributed by atoms with van der Waals surface area (Å²) in [6.45, 7) is 7.97. The number of piperidine rings is 1. The molecule has 1 aliphatic heterocycles. The Hall–Kier alpha value is -0.770. The zero-order valence-corrected chi connectivity index (χ0v) is 11.5. The molecule has 0 aromatic heterocycles. The van der Waals surface area contributed by atoms with E-state index in [0.717, 1.165) is 25.7 Å². The molecule has 1 rings (SSSR count). The zero-order chi connectivity index (χ0) is 13.0. The van der Waals surface area contributed by atoms with Crippen LogP contribution in [-0.2, 0) is 4.74 Å². The van der Waals surface area contributed by atoms with E-state index < -0.39 is 0 Å². The molecule has 0 spiro atoms. The lowest BCUT2D eigenvalue weighted by molar-refractivity contribution is 0.0239. The van der Waals surface area contributed by atoms with Gasteiger partial charge in [-0.05, 0) is 39.5 Å². The van der Waals surface area contributed by atoms with Crippen LogP contribution in [-0.4, -0.2) is 35.2 Å². The molecule has 0 radical (unpaired) electrons. The van der Waals surface area contributed by atoms with Crippen molar-refractivity contribution in [1.82, 2.24) is 4.90 Å². The van der Waals surface area contributed by atoms with E-state index >= 15 is 0 Å². The van der Waals surface area contributed by atoms with Crippen LogP contribution in [0.15, 0.2) is 0 Å². The summed E-state index contributed by atoms with van der Waals surface area (Å²) in [5.74, 6) is 0. The molecule has 1 amide bonds. The summed E-state index contributed by atoms with van der Waals surface area (Å²) in [5, 5.41) is 0. The third-order valence-electron chi connectivity index (χ3n) is 3.43. The van der Waals surface area contributed by atoms with Crippen LogP contribution in [0.2, 0.25) is 0 Å². The summed E-state index contributed by atoms with van der Waals surface area (Å²) >= 11 is 0. The van der Waals surface area contributed by atoms with Gasteiger partial charge < -0.3 is 15.4 Å². The third kappa shape index (κ3) is 3.60.